The Morgan fingerprint density at radius 3 is 2.75 bits per heavy atom. The molecule has 0 heterocycles. The molecule has 1 rings (SSSR count). The molecular weight excluding hydrogens is 204 g/mol. The second-order valence-electron chi connectivity index (χ2n) is 4.10. The maximum absolute atomic E-state index is 11.5. The summed E-state index contributed by atoms with van der Waals surface area (Å²) < 4.78 is 0. The third-order valence-electron chi connectivity index (χ3n) is 2.58. The minimum atomic E-state index is -0.114. The lowest BCUT2D eigenvalue weighted by Crippen LogP contribution is -2.37. The summed E-state index contributed by atoms with van der Waals surface area (Å²) in [4.78, 5) is 22.7. The van der Waals surface area contributed by atoms with Crippen LogP contribution in [0.4, 0.5) is 0 Å². The van der Waals surface area contributed by atoms with Crippen LogP contribution in [0, 0.1) is 5.92 Å². The minimum Gasteiger partial charge on any atom is -0.355 e. The Balaban J connectivity index is 2.09. The molecule has 4 heteroatoms. The average Bonchev–Trinajstić information content (AvgIpc) is 2.76. The number of hydrogen-bond donors (Lipinski definition) is 2. The molecule has 1 unspecified atom stereocenters. The fourth-order valence-electron chi connectivity index (χ4n) is 1.68. The van der Waals surface area contributed by atoms with Crippen LogP contribution in [0.2, 0.25) is 0 Å². The van der Waals surface area contributed by atoms with E-state index in [2.05, 4.69) is 22.8 Å². The summed E-state index contributed by atoms with van der Waals surface area (Å²) in [5.74, 6) is 0.207. The van der Waals surface area contributed by atoms with E-state index >= 15 is 0 Å². The van der Waals surface area contributed by atoms with Crippen molar-refractivity contribution in [1.82, 2.24) is 10.6 Å². The Hall–Kier alpha value is -1.32. The van der Waals surface area contributed by atoms with Crippen molar-refractivity contribution in [3.63, 3.8) is 0 Å². The zero-order valence-electron chi connectivity index (χ0n) is 9.79. The van der Waals surface area contributed by atoms with Gasteiger partial charge < -0.3 is 10.6 Å². The molecule has 4 nitrogen and oxygen atoms in total. The minimum absolute atomic E-state index is 0.0387. The van der Waals surface area contributed by atoms with Gasteiger partial charge in [-0.25, -0.2) is 0 Å². The first-order valence-corrected chi connectivity index (χ1v) is 5.92. The van der Waals surface area contributed by atoms with E-state index in [1.54, 1.807) is 0 Å². The fourth-order valence-corrected chi connectivity index (χ4v) is 1.68. The van der Waals surface area contributed by atoms with Crippen molar-refractivity contribution in [2.75, 3.05) is 13.1 Å². The van der Waals surface area contributed by atoms with Gasteiger partial charge in [-0.3, -0.25) is 9.59 Å². The van der Waals surface area contributed by atoms with Gasteiger partial charge in [0.2, 0.25) is 11.8 Å². The Labute approximate surface area is 96.5 Å². The van der Waals surface area contributed by atoms with Gasteiger partial charge in [-0.15, -0.1) is 0 Å². The van der Waals surface area contributed by atoms with E-state index in [9.17, 15) is 9.59 Å². The van der Waals surface area contributed by atoms with Crippen molar-refractivity contribution in [2.45, 2.75) is 32.6 Å². The van der Waals surface area contributed by atoms with E-state index in [0.717, 1.165) is 19.3 Å². The van der Waals surface area contributed by atoms with Gasteiger partial charge in [0.1, 0.15) is 0 Å². The Bertz CT molecular complexity index is 274. The first kappa shape index (κ1) is 12.7. The highest BCUT2D eigenvalue weighted by molar-refractivity contribution is 5.84. The van der Waals surface area contributed by atoms with Gasteiger partial charge in [-0.2, -0.15) is 0 Å². The molecular formula is C12H20N2O2. The third kappa shape index (κ3) is 4.96. The molecule has 2 amide bonds. The quantitative estimate of drug-likeness (QED) is 0.661. The molecule has 2 N–H and O–H groups in total. The number of amides is 2. The summed E-state index contributed by atoms with van der Waals surface area (Å²) in [6, 6.07) is 0. The standard InChI is InChI=1S/C12H20N2O2/c1-2-7-13-12(16)9-14-11(15)8-10-5-3-4-6-10/h3,5,10H,2,4,6-9H2,1H3,(H,13,16)(H,14,15). The molecule has 0 aromatic heterocycles. The smallest absolute Gasteiger partial charge is 0.239 e. The number of carbonyl (C=O) groups excluding carboxylic acids is 2. The van der Waals surface area contributed by atoms with Crippen molar-refractivity contribution in [1.29, 1.82) is 0 Å². The predicted molar refractivity (Wildman–Crippen MR) is 62.8 cm³/mol. The van der Waals surface area contributed by atoms with E-state index in [-0.39, 0.29) is 18.4 Å². The monoisotopic (exact) mass is 224 g/mol. The van der Waals surface area contributed by atoms with Crippen molar-refractivity contribution in [3.05, 3.63) is 12.2 Å². The van der Waals surface area contributed by atoms with E-state index in [0.29, 0.717) is 18.9 Å². The molecule has 90 valence electrons. The van der Waals surface area contributed by atoms with Crippen LogP contribution in [-0.2, 0) is 9.59 Å². The normalized spacial score (nSPS) is 18.4. The summed E-state index contributed by atoms with van der Waals surface area (Å²) in [5.41, 5.74) is 0. The topological polar surface area (TPSA) is 58.2 Å². The van der Waals surface area contributed by atoms with Crippen molar-refractivity contribution < 1.29 is 9.59 Å². The molecule has 16 heavy (non-hydrogen) atoms. The van der Waals surface area contributed by atoms with Gasteiger partial charge in [0, 0.05) is 13.0 Å². The lowest BCUT2D eigenvalue weighted by Gasteiger charge is -2.08. The number of rotatable bonds is 6. The van der Waals surface area contributed by atoms with Gasteiger partial charge >= 0.3 is 0 Å². The van der Waals surface area contributed by atoms with Crippen LogP contribution in [0.1, 0.15) is 32.6 Å². The van der Waals surface area contributed by atoms with Gasteiger partial charge in [0.25, 0.3) is 0 Å². The molecule has 0 bridgehead atoms. The van der Waals surface area contributed by atoms with Crippen LogP contribution in [-0.4, -0.2) is 24.9 Å². The van der Waals surface area contributed by atoms with Crippen LogP contribution in [0.5, 0.6) is 0 Å². The van der Waals surface area contributed by atoms with E-state index < -0.39 is 0 Å². The van der Waals surface area contributed by atoms with Gasteiger partial charge in [0.15, 0.2) is 0 Å². The Kier molecular flexibility index (Phi) is 5.61. The first-order chi connectivity index (χ1) is 7.72. The third-order valence-corrected chi connectivity index (χ3v) is 2.58. The number of carbonyl (C=O) groups is 2. The molecule has 0 saturated heterocycles. The highest BCUT2D eigenvalue weighted by Gasteiger charge is 2.14. The lowest BCUT2D eigenvalue weighted by molar-refractivity contribution is -0.126. The Morgan fingerprint density at radius 2 is 2.12 bits per heavy atom. The SMILES string of the molecule is CCCNC(=O)CNC(=O)CC1C=CCC1. The molecule has 1 atom stereocenters. The van der Waals surface area contributed by atoms with E-state index in [1.165, 1.54) is 0 Å². The molecule has 0 saturated carbocycles. The number of hydrogen-bond acceptors (Lipinski definition) is 2. The summed E-state index contributed by atoms with van der Waals surface area (Å²) in [7, 11) is 0. The zero-order valence-corrected chi connectivity index (χ0v) is 9.79. The van der Waals surface area contributed by atoms with Crippen molar-refractivity contribution in [3.8, 4) is 0 Å². The lowest BCUT2D eigenvalue weighted by atomic mass is 10.1. The summed E-state index contributed by atoms with van der Waals surface area (Å²) in [6.45, 7) is 2.75. The van der Waals surface area contributed by atoms with Crippen molar-refractivity contribution in [2.24, 2.45) is 5.92 Å². The predicted octanol–water partition coefficient (Wildman–Crippen LogP) is 0.985. The van der Waals surface area contributed by atoms with Gasteiger partial charge in [0.05, 0.1) is 6.54 Å². The largest absolute Gasteiger partial charge is 0.355 e. The fraction of sp³-hybridized carbons (Fsp3) is 0.667. The van der Waals surface area contributed by atoms with Crippen LogP contribution in [0.3, 0.4) is 0 Å². The Morgan fingerprint density at radius 1 is 1.31 bits per heavy atom. The molecule has 1 aliphatic carbocycles. The van der Waals surface area contributed by atoms with Crippen LogP contribution in [0.15, 0.2) is 12.2 Å². The molecule has 0 fully saturated rings. The van der Waals surface area contributed by atoms with Gasteiger partial charge in [-0.1, -0.05) is 19.1 Å². The summed E-state index contributed by atoms with van der Waals surface area (Å²) in [5, 5.41) is 5.35. The first-order valence-electron chi connectivity index (χ1n) is 5.92. The van der Waals surface area contributed by atoms with Crippen LogP contribution >= 0.6 is 0 Å². The van der Waals surface area contributed by atoms with E-state index in [1.807, 2.05) is 6.92 Å². The molecule has 0 aromatic carbocycles. The zero-order chi connectivity index (χ0) is 11.8. The maximum Gasteiger partial charge on any atom is 0.239 e. The second-order valence-corrected chi connectivity index (χ2v) is 4.10. The maximum atomic E-state index is 11.5. The second kappa shape index (κ2) is 7.04. The van der Waals surface area contributed by atoms with E-state index in [4.69, 9.17) is 0 Å². The number of allylic oxidation sites excluding steroid dienone is 2. The highest BCUT2D eigenvalue weighted by Crippen LogP contribution is 2.19. The molecule has 0 aliphatic heterocycles. The summed E-state index contributed by atoms with van der Waals surface area (Å²) >= 11 is 0. The average molecular weight is 224 g/mol. The van der Waals surface area contributed by atoms with Crippen molar-refractivity contribution >= 4 is 11.8 Å². The van der Waals surface area contributed by atoms with Crippen LogP contribution in [0.25, 0.3) is 0 Å². The van der Waals surface area contributed by atoms with Crippen LogP contribution < -0.4 is 10.6 Å². The number of nitrogens with one attached hydrogen (secondary N) is 2. The molecule has 0 aromatic rings. The molecule has 1 aliphatic rings. The highest BCUT2D eigenvalue weighted by atomic mass is 16.2. The molecule has 0 spiro atoms. The molecule has 0 radical (unpaired) electrons. The van der Waals surface area contributed by atoms with Gasteiger partial charge in [-0.05, 0) is 25.2 Å². The summed E-state index contributed by atoms with van der Waals surface area (Å²) in [6.07, 6.45) is 7.71.